The summed E-state index contributed by atoms with van der Waals surface area (Å²) < 4.78 is 5.26. The minimum absolute atomic E-state index is 0.247. The van der Waals surface area contributed by atoms with Gasteiger partial charge in [0, 0.05) is 24.2 Å². The third kappa shape index (κ3) is 6.91. The number of nitrogens with one attached hydrogen (secondary N) is 2. The third-order valence-corrected chi connectivity index (χ3v) is 6.81. The van der Waals surface area contributed by atoms with Crippen molar-refractivity contribution in [3.63, 3.8) is 0 Å². The first-order chi connectivity index (χ1) is 16.3. The molecular weight excluding hydrogens is 479 g/mol. The predicted octanol–water partition coefficient (Wildman–Crippen LogP) is 4.43. The molecule has 3 rings (SSSR count). The Bertz CT molecular complexity index is 1010. The number of hydrogen-bond donors (Lipinski definition) is 4. The number of amides is 2. The molecule has 1 aliphatic rings. The van der Waals surface area contributed by atoms with Crippen molar-refractivity contribution in [2.24, 2.45) is 5.92 Å². The molecule has 0 bridgehead atoms. The van der Waals surface area contributed by atoms with Crippen LogP contribution >= 0.6 is 23.2 Å². The number of ether oxygens (including phenoxy) is 1. The summed E-state index contributed by atoms with van der Waals surface area (Å²) in [4.78, 5) is 26.2. The molecule has 10 heteroatoms. The first-order valence-corrected chi connectivity index (χ1v) is 11.9. The number of benzene rings is 2. The maximum atomic E-state index is 12.7. The van der Waals surface area contributed by atoms with Gasteiger partial charge in [0.25, 0.3) is 5.91 Å². The molecule has 0 aromatic heterocycles. The average molecular weight is 509 g/mol. The summed E-state index contributed by atoms with van der Waals surface area (Å²) >= 11 is 12.3. The summed E-state index contributed by atoms with van der Waals surface area (Å²) in [7, 11) is 1.48. The van der Waals surface area contributed by atoms with Crippen molar-refractivity contribution >= 4 is 40.9 Å². The first kappa shape index (κ1) is 25.9. The third-order valence-electron chi connectivity index (χ3n) is 6.13. The molecule has 1 atom stereocenters. The van der Waals surface area contributed by atoms with Gasteiger partial charge in [-0.05, 0) is 56.0 Å². The zero-order valence-corrected chi connectivity index (χ0v) is 20.5. The predicted molar refractivity (Wildman–Crippen MR) is 134 cm³/mol. The molecule has 1 heterocycles. The van der Waals surface area contributed by atoms with Crippen molar-refractivity contribution in [3.05, 3.63) is 57.6 Å². The molecule has 0 aliphatic carbocycles. The molecule has 5 N–H and O–H groups in total. The molecule has 0 saturated carbocycles. The normalized spacial score (nSPS) is 15.5. The lowest BCUT2D eigenvalue weighted by atomic mass is 9.95. The number of nitrogen functional groups attached to an aromatic ring is 1. The number of hydrogen-bond acceptors (Lipinski definition) is 5. The number of methoxy groups -OCH3 is 1. The van der Waals surface area contributed by atoms with Gasteiger partial charge in [-0.3, -0.25) is 4.79 Å². The number of halogens is 2. The highest BCUT2D eigenvalue weighted by Crippen LogP contribution is 2.29. The van der Waals surface area contributed by atoms with Crippen LogP contribution in [0.5, 0.6) is 5.75 Å². The van der Waals surface area contributed by atoms with Crippen LogP contribution < -0.4 is 21.1 Å². The maximum Gasteiger partial charge on any atom is 0.405 e. The maximum absolute atomic E-state index is 12.7. The zero-order chi connectivity index (χ0) is 24.7. The van der Waals surface area contributed by atoms with Gasteiger partial charge in [0.05, 0.1) is 29.4 Å². The van der Waals surface area contributed by atoms with E-state index in [1.807, 2.05) is 18.2 Å². The number of likely N-dealkylation sites (tertiary alicyclic amines) is 1. The molecule has 34 heavy (non-hydrogen) atoms. The molecule has 0 spiro atoms. The molecule has 2 aromatic rings. The van der Waals surface area contributed by atoms with E-state index in [9.17, 15) is 14.7 Å². The molecule has 1 unspecified atom stereocenters. The molecule has 1 fully saturated rings. The summed E-state index contributed by atoms with van der Waals surface area (Å²) in [6.07, 6.45) is 1.42. The molecule has 8 nitrogen and oxygen atoms in total. The standard InChI is InChI=1S/C24H30Cl2N4O4/c1-34-22-13-20(27)19(26)12-17(22)23(31)28-14-15-6-9-30(10-7-15)11-8-21(29-24(32)33)16-4-2-3-5-18(16)25/h2-5,12-13,15,21,29H,6-11,14,27H2,1H3,(H,28,31)(H,32,33). The zero-order valence-electron chi connectivity index (χ0n) is 19.0. The van der Waals surface area contributed by atoms with Crippen LogP contribution in [0.4, 0.5) is 10.5 Å². The highest BCUT2D eigenvalue weighted by atomic mass is 35.5. The number of nitrogens with two attached hydrogens (primary N) is 1. The number of carboxylic acid groups (broad SMARTS) is 1. The van der Waals surface area contributed by atoms with Gasteiger partial charge in [-0.25, -0.2) is 4.79 Å². The van der Waals surface area contributed by atoms with Gasteiger partial charge in [-0.2, -0.15) is 0 Å². The molecule has 2 aromatic carbocycles. The van der Waals surface area contributed by atoms with E-state index in [-0.39, 0.29) is 11.9 Å². The van der Waals surface area contributed by atoms with Crippen molar-refractivity contribution in [1.82, 2.24) is 15.5 Å². The SMILES string of the molecule is COc1cc(N)c(Cl)cc1C(=O)NCC1CCN(CCC(NC(=O)O)c2ccccc2Cl)CC1. The van der Waals surface area contributed by atoms with Gasteiger partial charge in [0.1, 0.15) is 5.75 Å². The fourth-order valence-electron chi connectivity index (χ4n) is 4.19. The Morgan fingerprint density at radius 2 is 1.91 bits per heavy atom. The van der Waals surface area contributed by atoms with Gasteiger partial charge in [-0.15, -0.1) is 0 Å². The summed E-state index contributed by atoms with van der Waals surface area (Å²) in [6.45, 7) is 3.05. The van der Waals surface area contributed by atoms with E-state index in [0.717, 1.165) is 38.0 Å². The Balaban J connectivity index is 1.48. The molecule has 184 valence electrons. The van der Waals surface area contributed by atoms with Crippen LogP contribution in [-0.4, -0.2) is 55.3 Å². The summed E-state index contributed by atoms with van der Waals surface area (Å²) in [6, 6.07) is 9.99. The molecule has 1 saturated heterocycles. The van der Waals surface area contributed by atoms with Gasteiger partial charge in [0.2, 0.25) is 0 Å². The Hall–Kier alpha value is -2.68. The highest BCUT2D eigenvalue weighted by Gasteiger charge is 2.23. The number of carbonyl (C=O) groups is 2. The first-order valence-electron chi connectivity index (χ1n) is 11.2. The smallest absolute Gasteiger partial charge is 0.405 e. The van der Waals surface area contributed by atoms with Crippen LogP contribution in [0.2, 0.25) is 10.0 Å². The minimum Gasteiger partial charge on any atom is -0.496 e. The Kier molecular flexibility index (Phi) is 9.27. The molecular formula is C24H30Cl2N4O4. The fourth-order valence-corrected chi connectivity index (χ4v) is 4.62. The van der Waals surface area contributed by atoms with Crippen LogP contribution in [0.3, 0.4) is 0 Å². The lowest BCUT2D eigenvalue weighted by molar-refractivity contribution is 0.0932. The van der Waals surface area contributed by atoms with E-state index in [0.29, 0.717) is 45.9 Å². The van der Waals surface area contributed by atoms with Crippen LogP contribution in [0.25, 0.3) is 0 Å². The van der Waals surface area contributed by atoms with E-state index in [4.69, 9.17) is 33.7 Å². The fraction of sp³-hybridized carbons (Fsp3) is 0.417. The molecule has 0 radical (unpaired) electrons. The average Bonchev–Trinajstić information content (AvgIpc) is 2.82. The number of rotatable bonds is 9. The van der Waals surface area contributed by atoms with E-state index < -0.39 is 6.09 Å². The van der Waals surface area contributed by atoms with Crippen LogP contribution in [0.1, 0.15) is 41.2 Å². The van der Waals surface area contributed by atoms with Crippen LogP contribution in [0, 0.1) is 5.92 Å². The van der Waals surface area contributed by atoms with Gasteiger partial charge in [-0.1, -0.05) is 41.4 Å². The van der Waals surface area contributed by atoms with Gasteiger partial charge < -0.3 is 31.1 Å². The van der Waals surface area contributed by atoms with Crippen molar-refractivity contribution in [1.29, 1.82) is 0 Å². The quantitative estimate of drug-likeness (QED) is 0.372. The van der Waals surface area contributed by atoms with Crippen molar-refractivity contribution < 1.29 is 19.4 Å². The largest absolute Gasteiger partial charge is 0.496 e. The van der Waals surface area contributed by atoms with E-state index in [1.54, 1.807) is 12.1 Å². The van der Waals surface area contributed by atoms with Gasteiger partial charge in [0.15, 0.2) is 0 Å². The second kappa shape index (κ2) is 12.1. The van der Waals surface area contributed by atoms with Crippen LogP contribution in [0.15, 0.2) is 36.4 Å². The van der Waals surface area contributed by atoms with Crippen molar-refractivity contribution in [2.75, 3.05) is 39.0 Å². The lowest BCUT2D eigenvalue weighted by Gasteiger charge is -2.33. The van der Waals surface area contributed by atoms with Gasteiger partial charge >= 0.3 is 6.09 Å². The summed E-state index contributed by atoms with van der Waals surface area (Å²) in [5, 5.41) is 15.7. The van der Waals surface area contributed by atoms with Crippen molar-refractivity contribution in [3.8, 4) is 5.75 Å². The summed E-state index contributed by atoms with van der Waals surface area (Å²) in [5.41, 5.74) is 7.28. The molecule has 2 amide bonds. The topological polar surface area (TPSA) is 117 Å². The van der Waals surface area contributed by atoms with Crippen LogP contribution in [-0.2, 0) is 0 Å². The number of carbonyl (C=O) groups excluding carboxylic acids is 1. The second-order valence-electron chi connectivity index (χ2n) is 8.38. The van der Waals surface area contributed by atoms with E-state index in [2.05, 4.69) is 15.5 Å². The second-order valence-corrected chi connectivity index (χ2v) is 9.20. The highest BCUT2D eigenvalue weighted by molar-refractivity contribution is 6.33. The Labute approximate surface area is 209 Å². The Morgan fingerprint density at radius 1 is 1.21 bits per heavy atom. The monoisotopic (exact) mass is 508 g/mol. The summed E-state index contributed by atoms with van der Waals surface area (Å²) in [5.74, 6) is 0.493. The van der Waals surface area contributed by atoms with Crippen molar-refractivity contribution in [2.45, 2.75) is 25.3 Å². The molecule has 1 aliphatic heterocycles. The number of nitrogens with zero attached hydrogens (tertiary/aromatic N) is 1. The lowest BCUT2D eigenvalue weighted by Crippen LogP contribution is -2.40. The van der Waals surface area contributed by atoms with E-state index in [1.165, 1.54) is 13.2 Å². The Morgan fingerprint density at radius 3 is 2.56 bits per heavy atom. The van der Waals surface area contributed by atoms with E-state index >= 15 is 0 Å². The number of anilines is 1. The minimum atomic E-state index is -1.07. The number of piperidine rings is 1.